The zero-order chi connectivity index (χ0) is 21.1. The number of amides is 1. The van der Waals surface area contributed by atoms with Gasteiger partial charge in [-0.25, -0.2) is 4.98 Å². The lowest BCUT2D eigenvalue weighted by atomic mass is 9.80. The standard InChI is InChI=1S/C24H34N4O2/c1-3-22(29)18-6-8-20(9-7-18)28-14-19(15-28)27-23(30)13-26-24-21-12-16(2)4-5-17(21)10-11-25-24/h4-5,10-12,18-20,22,29H,3,6-9,13-15H2,1-2H3,(H,25,26)(H,27,30). The molecule has 162 valence electrons. The van der Waals surface area contributed by atoms with E-state index in [0.717, 1.165) is 61.8 Å². The maximum atomic E-state index is 12.4. The van der Waals surface area contributed by atoms with Crippen molar-refractivity contribution >= 4 is 22.5 Å². The molecule has 1 saturated carbocycles. The number of pyridine rings is 1. The van der Waals surface area contributed by atoms with E-state index in [0.29, 0.717) is 12.0 Å². The summed E-state index contributed by atoms with van der Waals surface area (Å²) in [6.07, 6.45) is 7.06. The lowest BCUT2D eigenvalue weighted by Gasteiger charge is -2.47. The smallest absolute Gasteiger partial charge is 0.239 e. The lowest BCUT2D eigenvalue weighted by molar-refractivity contribution is -0.121. The highest BCUT2D eigenvalue weighted by molar-refractivity contribution is 5.93. The van der Waals surface area contributed by atoms with Gasteiger partial charge in [0, 0.05) is 30.7 Å². The number of hydrogen-bond acceptors (Lipinski definition) is 5. The maximum absolute atomic E-state index is 12.4. The number of nitrogens with one attached hydrogen (secondary N) is 2. The second-order valence-electron chi connectivity index (χ2n) is 9.00. The van der Waals surface area contributed by atoms with Crippen molar-refractivity contribution in [2.45, 2.75) is 64.1 Å². The minimum absolute atomic E-state index is 0.0147. The van der Waals surface area contributed by atoms with Gasteiger partial charge in [-0.15, -0.1) is 0 Å². The molecule has 1 amide bonds. The maximum Gasteiger partial charge on any atom is 0.239 e. The van der Waals surface area contributed by atoms with Gasteiger partial charge < -0.3 is 15.7 Å². The SMILES string of the molecule is CCC(O)C1CCC(N2CC(NC(=O)CNc3nccc4ccc(C)cc34)C2)CC1. The first-order chi connectivity index (χ1) is 14.5. The van der Waals surface area contributed by atoms with E-state index in [4.69, 9.17) is 0 Å². The second kappa shape index (κ2) is 9.31. The van der Waals surface area contributed by atoms with Gasteiger partial charge in [0.05, 0.1) is 18.7 Å². The molecule has 3 N–H and O–H groups in total. The summed E-state index contributed by atoms with van der Waals surface area (Å²) >= 11 is 0. The third kappa shape index (κ3) is 4.76. The minimum atomic E-state index is -0.137. The highest BCUT2D eigenvalue weighted by Crippen LogP contribution is 2.32. The van der Waals surface area contributed by atoms with E-state index in [1.54, 1.807) is 6.20 Å². The van der Waals surface area contributed by atoms with Crippen molar-refractivity contribution < 1.29 is 9.90 Å². The highest BCUT2D eigenvalue weighted by Gasteiger charge is 2.36. The Morgan fingerprint density at radius 2 is 2.00 bits per heavy atom. The highest BCUT2D eigenvalue weighted by atomic mass is 16.3. The number of anilines is 1. The van der Waals surface area contributed by atoms with Gasteiger partial charge in [0.2, 0.25) is 5.91 Å². The van der Waals surface area contributed by atoms with E-state index in [2.05, 4.69) is 52.6 Å². The second-order valence-corrected chi connectivity index (χ2v) is 9.00. The molecule has 1 aliphatic carbocycles. The number of aliphatic hydroxyl groups is 1. The van der Waals surface area contributed by atoms with E-state index >= 15 is 0 Å². The first-order valence-corrected chi connectivity index (χ1v) is 11.3. The summed E-state index contributed by atoms with van der Waals surface area (Å²) in [6.45, 7) is 6.22. The van der Waals surface area contributed by atoms with Crippen LogP contribution in [0.1, 0.15) is 44.6 Å². The summed E-state index contributed by atoms with van der Waals surface area (Å²) in [4.78, 5) is 19.3. The van der Waals surface area contributed by atoms with Gasteiger partial charge in [-0.3, -0.25) is 9.69 Å². The topological polar surface area (TPSA) is 77.5 Å². The van der Waals surface area contributed by atoms with Gasteiger partial charge in [-0.2, -0.15) is 0 Å². The molecule has 1 atom stereocenters. The Balaban J connectivity index is 1.20. The summed E-state index contributed by atoms with van der Waals surface area (Å²) in [5, 5.41) is 18.6. The van der Waals surface area contributed by atoms with E-state index in [-0.39, 0.29) is 24.6 Å². The Kier molecular flexibility index (Phi) is 6.54. The third-order valence-corrected chi connectivity index (χ3v) is 6.83. The summed E-state index contributed by atoms with van der Waals surface area (Å²) in [5.41, 5.74) is 1.18. The molecule has 0 spiro atoms. The van der Waals surface area contributed by atoms with Gasteiger partial charge in [0.15, 0.2) is 0 Å². The zero-order valence-electron chi connectivity index (χ0n) is 18.1. The van der Waals surface area contributed by atoms with Crippen molar-refractivity contribution in [3.63, 3.8) is 0 Å². The molecule has 1 unspecified atom stereocenters. The van der Waals surface area contributed by atoms with Crippen LogP contribution in [-0.2, 0) is 4.79 Å². The number of aliphatic hydroxyl groups excluding tert-OH is 1. The Hall–Kier alpha value is -2.18. The quantitative estimate of drug-likeness (QED) is 0.654. The fraction of sp³-hybridized carbons (Fsp3) is 0.583. The van der Waals surface area contributed by atoms with Crippen LogP contribution >= 0.6 is 0 Å². The molecular weight excluding hydrogens is 376 g/mol. The van der Waals surface area contributed by atoms with Crippen molar-refractivity contribution in [2.24, 2.45) is 5.92 Å². The number of nitrogens with zero attached hydrogens (tertiary/aromatic N) is 2. The number of carbonyl (C=O) groups is 1. The Morgan fingerprint density at radius 1 is 1.23 bits per heavy atom. The molecule has 2 aliphatic rings. The van der Waals surface area contributed by atoms with Crippen LogP contribution < -0.4 is 10.6 Å². The molecule has 6 heteroatoms. The molecule has 1 aliphatic heterocycles. The lowest BCUT2D eigenvalue weighted by Crippen LogP contribution is -2.63. The number of fused-ring (bicyclic) bond motifs is 1. The molecule has 1 saturated heterocycles. The van der Waals surface area contributed by atoms with E-state index in [1.165, 1.54) is 5.56 Å². The van der Waals surface area contributed by atoms with Crippen molar-refractivity contribution in [2.75, 3.05) is 25.0 Å². The van der Waals surface area contributed by atoms with E-state index in [9.17, 15) is 9.90 Å². The number of benzene rings is 1. The van der Waals surface area contributed by atoms with Crippen LogP contribution in [0.3, 0.4) is 0 Å². The average molecular weight is 411 g/mol. The van der Waals surface area contributed by atoms with Crippen LogP contribution in [0.25, 0.3) is 10.8 Å². The van der Waals surface area contributed by atoms with Crippen molar-refractivity contribution in [3.05, 3.63) is 36.0 Å². The van der Waals surface area contributed by atoms with Crippen molar-refractivity contribution in [1.82, 2.24) is 15.2 Å². The largest absolute Gasteiger partial charge is 0.393 e. The summed E-state index contributed by atoms with van der Waals surface area (Å²) < 4.78 is 0. The molecule has 1 aromatic carbocycles. The van der Waals surface area contributed by atoms with Gasteiger partial charge in [0.25, 0.3) is 0 Å². The van der Waals surface area contributed by atoms with Crippen LogP contribution in [0.15, 0.2) is 30.5 Å². The average Bonchev–Trinajstić information content (AvgIpc) is 2.74. The molecule has 1 aromatic heterocycles. The third-order valence-electron chi connectivity index (χ3n) is 6.83. The Morgan fingerprint density at radius 3 is 2.73 bits per heavy atom. The molecule has 6 nitrogen and oxygen atoms in total. The molecule has 0 radical (unpaired) electrons. The number of likely N-dealkylation sites (tertiary alicyclic amines) is 1. The molecule has 0 bridgehead atoms. The molecule has 2 heterocycles. The first kappa shape index (κ1) is 21.1. The molecular formula is C24H34N4O2. The fourth-order valence-electron chi connectivity index (χ4n) is 4.95. The number of rotatable bonds is 7. The van der Waals surface area contributed by atoms with Crippen molar-refractivity contribution in [1.29, 1.82) is 0 Å². The monoisotopic (exact) mass is 410 g/mol. The summed E-state index contributed by atoms with van der Waals surface area (Å²) in [5.74, 6) is 1.24. The Bertz CT molecular complexity index is 873. The molecule has 2 fully saturated rings. The van der Waals surface area contributed by atoms with E-state index in [1.807, 2.05) is 6.07 Å². The molecule has 2 aromatic rings. The van der Waals surface area contributed by atoms with Gasteiger partial charge in [0.1, 0.15) is 5.82 Å². The Labute approximate surface area is 179 Å². The molecule has 30 heavy (non-hydrogen) atoms. The number of aryl methyl sites for hydroxylation is 1. The van der Waals surface area contributed by atoms with Crippen LogP contribution in [0.4, 0.5) is 5.82 Å². The van der Waals surface area contributed by atoms with Gasteiger partial charge in [-0.05, 0) is 62.5 Å². The number of carbonyl (C=O) groups excluding carboxylic acids is 1. The molecule has 4 rings (SSSR count). The summed E-state index contributed by atoms with van der Waals surface area (Å²) in [6, 6.07) is 9.09. The first-order valence-electron chi connectivity index (χ1n) is 11.3. The van der Waals surface area contributed by atoms with Crippen LogP contribution in [0, 0.1) is 12.8 Å². The van der Waals surface area contributed by atoms with Crippen LogP contribution in [0.2, 0.25) is 0 Å². The van der Waals surface area contributed by atoms with E-state index < -0.39 is 0 Å². The predicted molar refractivity (Wildman–Crippen MR) is 121 cm³/mol. The van der Waals surface area contributed by atoms with Crippen LogP contribution in [-0.4, -0.2) is 58.7 Å². The zero-order valence-corrected chi connectivity index (χ0v) is 18.1. The minimum Gasteiger partial charge on any atom is -0.393 e. The van der Waals surface area contributed by atoms with Crippen molar-refractivity contribution in [3.8, 4) is 0 Å². The summed E-state index contributed by atoms with van der Waals surface area (Å²) in [7, 11) is 0. The number of aromatic nitrogens is 1. The number of hydrogen-bond donors (Lipinski definition) is 3. The fourth-order valence-corrected chi connectivity index (χ4v) is 4.95. The van der Waals surface area contributed by atoms with Crippen LogP contribution in [0.5, 0.6) is 0 Å². The predicted octanol–water partition coefficient (Wildman–Crippen LogP) is 3.09. The normalized spacial score (nSPS) is 23.7. The van der Waals surface area contributed by atoms with Gasteiger partial charge in [-0.1, -0.05) is 24.6 Å². The van der Waals surface area contributed by atoms with Gasteiger partial charge >= 0.3 is 0 Å².